The van der Waals surface area contributed by atoms with Gasteiger partial charge in [0.15, 0.2) is 0 Å². The molecule has 0 spiro atoms. The zero-order valence-corrected chi connectivity index (χ0v) is 5.83. The summed E-state index contributed by atoms with van der Waals surface area (Å²) in [6.07, 6.45) is 3.43. The molecular weight excluding hydrogens is 128 g/mol. The standard InChI is InChI=1S/C6H10N4/c1-2-9-5-3-8-4-10-6(5)7/h2-3,8H,4H2,1H3,(H2,7,10)/b9-2-. The molecule has 0 saturated heterocycles. The molecule has 0 radical (unpaired) electrons. The Kier molecular flexibility index (Phi) is 2.04. The predicted octanol–water partition coefficient (Wildman–Crippen LogP) is -0.164. The topological polar surface area (TPSA) is 62.8 Å². The quantitative estimate of drug-likeness (QED) is 0.494. The lowest BCUT2D eigenvalue weighted by Crippen LogP contribution is -2.23. The van der Waals surface area contributed by atoms with Crippen molar-refractivity contribution >= 4 is 12.1 Å². The number of hydrogen-bond donors (Lipinski definition) is 2. The van der Waals surface area contributed by atoms with Crippen molar-refractivity contribution in [1.82, 2.24) is 5.32 Å². The average molecular weight is 138 g/mol. The summed E-state index contributed by atoms with van der Waals surface area (Å²) >= 11 is 0. The van der Waals surface area contributed by atoms with Crippen molar-refractivity contribution in [3.63, 3.8) is 0 Å². The Bertz CT molecular complexity index is 202. The number of nitrogens with one attached hydrogen (secondary N) is 1. The maximum Gasteiger partial charge on any atom is 0.147 e. The fourth-order valence-electron chi connectivity index (χ4n) is 0.671. The lowest BCUT2D eigenvalue weighted by atomic mass is 10.4. The van der Waals surface area contributed by atoms with Crippen LogP contribution in [0.4, 0.5) is 0 Å². The van der Waals surface area contributed by atoms with Crippen molar-refractivity contribution in [2.24, 2.45) is 15.7 Å². The number of aliphatic imine (C=N–C) groups is 2. The van der Waals surface area contributed by atoms with E-state index in [1.165, 1.54) is 0 Å². The van der Waals surface area contributed by atoms with Crippen LogP contribution in [0, 0.1) is 0 Å². The van der Waals surface area contributed by atoms with Crippen LogP contribution in [0.5, 0.6) is 0 Å². The first kappa shape index (κ1) is 6.80. The van der Waals surface area contributed by atoms with Gasteiger partial charge in [0.2, 0.25) is 0 Å². The molecule has 10 heavy (non-hydrogen) atoms. The molecule has 4 nitrogen and oxygen atoms in total. The summed E-state index contributed by atoms with van der Waals surface area (Å²) in [5.74, 6) is 0.497. The smallest absolute Gasteiger partial charge is 0.147 e. The first-order valence-electron chi connectivity index (χ1n) is 3.07. The summed E-state index contributed by atoms with van der Waals surface area (Å²) in [7, 11) is 0. The van der Waals surface area contributed by atoms with Crippen molar-refractivity contribution in [2.75, 3.05) is 6.67 Å². The van der Waals surface area contributed by atoms with Crippen LogP contribution in [0.25, 0.3) is 0 Å². The SMILES string of the molecule is C/C=N\C1=CNCN=C1N. The van der Waals surface area contributed by atoms with E-state index in [2.05, 4.69) is 15.3 Å². The van der Waals surface area contributed by atoms with Gasteiger partial charge < -0.3 is 11.1 Å². The summed E-state index contributed by atoms with van der Waals surface area (Å²) in [5.41, 5.74) is 6.20. The van der Waals surface area contributed by atoms with Gasteiger partial charge in [0, 0.05) is 12.4 Å². The molecule has 0 unspecified atom stereocenters. The minimum Gasteiger partial charge on any atom is -0.382 e. The summed E-state index contributed by atoms with van der Waals surface area (Å²) in [5, 5.41) is 2.91. The first-order valence-corrected chi connectivity index (χ1v) is 3.07. The number of amidine groups is 1. The van der Waals surface area contributed by atoms with Gasteiger partial charge in [-0.2, -0.15) is 0 Å². The Morgan fingerprint density at radius 3 is 3.30 bits per heavy atom. The fraction of sp³-hybridized carbons (Fsp3) is 0.333. The van der Waals surface area contributed by atoms with Gasteiger partial charge in [0.1, 0.15) is 18.2 Å². The predicted molar refractivity (Wildman–Crippen MR) is 41.9 cm³/mol. The summed E-state index contributed by atoms with van der Waals surface area (Å²) in [6.45, 7) is 2.39. The second-order valence-electron chi connectivity index (χ2n) is 1.82. The third-order valence-electron chi connectivity index (χ3n) is 1.11. The Morgan fingerprint density at radius 2 is 2.70 bits per heavy atom. The summed E-state index contributed by atoms with van der Waals surface area (Å²) in [4.78, 5) is 7.91. The molecule has 0 aromatic carbocycles. The van der Waals surface area contributed by atoms with Gasteiger partial charge >= 0.3 is 0 Å². The molecule has 0 atom stereocenters. The zero-order chi connectivity index (χ0) is 7.40. The van der Waals surface area contributed by atoms with E-state index in [0.29, 0.717) is 18.2 Å². The first-order chi connectivity index (χ1) is 4.84. The Hall–Kier alpha value is -1.32. The highest BCUT2D eigenvalue weighted by Gasteiger charge is 2.02. The van der Waals surface area contributed by atoms with Gasteiger partial charge in [-0.25, -0.2) is 4.99 Å². The number of hydrogen-bond acceptors (Lipinski definition) is 4. The van der Waals surface area contributed by atoms with Crippen molar-refractivity contribution in [2.45, 2.75) is 6.92 Å². The summed E-state index contributed by atoms with van der Waals surface area (Å²) in [6, 6.07) is 0. The van der Waals surface area contributed by atoms with Gasteiger partial charge in [0.05, 0.1) is 0 Å². The monoisotopic (exact) mass is 138 g/mol. The number of nitrogens with two attached hydrogens (primary N) is 1. The van der Waals surface area contributed by atoms with Gasteiger partial charge in [-0.3, -0.25) is 4.99 Å². The van der Waals surface area contributed by atoms with E-state index in [4.69, 9.17) is 5.73 Å². The van der Waals surface area contributed by atoms with Crippen LogP contribution in [-0.4, -0.2) is 18.7 Å². The molecule has 0 aromatic heterocycles. The zero-order valence-electron chi connectivity index (χ0n) is 5.83. The fourth-order valence-corrected chi connectivity index (χ4v) is 0.671. The molecule has 1 heterocycles. The Labute approximate surface area is 59.5 Å². The van der Waals surface area contributed by atoms with Crippen LogP contribution >= 0.6 is 0 Å². The highest BCUT2D eigenvalue weighted by molar-refractivity contribution is 5.98. The second-order valence-corrected chi connectivity index (χ2v) is 1.82. The van der Waals surface area contributed by atoms with Gasteiger partial charge in [0.25, 0.3) is 0 Å². The molecule has 0 aliphatic carbocycles. The molecule has 1 aliphatic heterocycles. The third kappa shape index (κ3) is 1.34. The van der Waals surface area contributed by atoms with Crippen molar-refractivity contribution in [1.29, 1.82) is 0 Å². The average Bonchev–Trinajstić information content (AvgIpc) is 1.94. The molecule has 0 bridgehead atoms. The van der Waals surface area contributed by atoms with E-state index in [-0.39, 0.29) is 0 Å². The van der Waals surface area contributed by atoms with Crippen LogP contribution in [0.3, 0.4) is 0 Å². The lowest BCUT2D eigenvalue weighted by molar-refractivity contribution is 0.857. The molecule has 0 amide bonds. The van der Waals surface area contributed by atoms with Crippen molar-refractivity contribution in [3.8, 4) is 0 Å². The maximum absolute atomic E-state index is 5.49. The van der Waals surface area contributed by atoms with E-state index in [1.54, 1.807) is 12.4 Å². The molecule has 0 fully saturated rings. The van der Waals surface area contributed by atoms with E-state index in [1.807, 2.05) is 6.92 Å². The Balaban J connectivity index is 2.74. The molecular formula is C6H10N4. The highest BCUT2D eigenvalue weighted by Crippen LogP contribution is 1.97. The maximum atomic E-state index is 5.49. The van der Waals surface area contributed by atoms with Gasteiger partial charge in [-0.1, -0.05) is 0 Å². The lowest BCUT2D eigenvalue weighted by Gasteiger charge is -2.07. The number of nitrogens with zero attached hydrogens (tertiary/aromatic N) is 2. The van der Waals surface area contributed by atoms with E-state index in [0.717, 1.165) is 0 Å². The summed E-state index contributed by atoms with van der Waals surface area (Å²) < 4.78 is 0. The molecule has 3 N–H and O–H groups in total. The van der Waals surface area contributed by atoms with E-state index in [9.17, 15) is 0 Å². The van der Waals surface area contributed by atoms with Crippen LogP contribution < -0.4 is 11.1 Å². The van der Waals surface area contributed by atoms with Crippen LogP contribution in [0.15, 0.2) is 21.9 Å². The Morgan fingerprint density at radius 1 is 1.90 bits per heavy atom. The van der Waals surface area contributed by atoms with Crippen LogP contribution in [0.1, 0.15) is 6.92 Å². The van der Waals surface area contributed by atoms with E-state index < -0.39 is 0 Å². The number of rotatable bonds is 1. The van der Waals surface area contributed by atoms with Gasteiger partial charge in [-0.15, -0.1) is 0 Å². The van der Waals surface area contributed by atoms with Crippen molar-refractivity contribution in [3.05, 3.63) is 11.9 Å². The van der Waals surface area contributed by atoms with Gasteiger partial charge in [-0.05, 0) is 6.92 Å². The molecule has 54 valence electrons. The van der Waals surface area contributed by atoms with Crippen molar-refractivity contribution < 1.29 is 0 Å². The molecule has 1 rings (SSSR count). The molecule has 1 aliphatic rings. The second kappa shape index (κ2) is 3.00. The largest absolute Gasteiger partial charge is 0.382 e. The minimum atomic E-state index is 0.497. The highest BCUT2D eigenvalue weighted by atomic mass is 15.1. The normalized spacial score (nSPS) is 18.1. The molecule has 0 aromatic rings. The molecule has 4 heteroatoms. The minimum absolute atomic E-state index is 0.497. The van der Waals surface area contributed by atoms with Crippen LogP contribution in [0.2, 0.25) is 0 Å². The third-order valence-corrected chi connectivity index (χ3v) is 1.11. The van der Waals surface area contributed by atoms with E-state index >= 15 is 0 Å². The molecule has 0 saturated carbocycles. The van der Waals surface area contributed by atoms with Crippen LogP contribution in [-0.2, 0) is 0 Å².